The summed E-state index contributed by atoms with van der Waals surface area (Å²) in [6.07, 6.45) is 1.26. The lowest BCUT2D eigenvalue weighted by molar-refractivity contribution is -0.122. The lowest BCUT2D eigenvalue weighted by atomic mass is 10.1. The van der Waals surface area contributed by atoms with Crippen LogP contribution in [0.1, 0.15) is 16.1 Å². The molecule has 0 unspecified atom stereocenters. The Bertz CT molecular complexity index is 1370. The van der Waals surface area contributed by atoms with E-state index in [0.717, 1.165) is 4.90 Å². The van der Waals surface area contributed by atoms with Gasteiger partial charge in [-0.15, -0.1) is 0 Å². The van der Waals surface area contributed by atoms with Gasteiger partial charge in [0.1, 0.15) is 17.1 Å². The number of carbonyl (C=O) groups excluding carboxylic acids is 4. The number of benzene rings is 2. The second-order valence-electron chi connectivity index (χ2n) is 7.27. The van der Waals surface area contributed by atoms with Crippen molar-refractivity contribution in [1.29, 1.82) is 0 Å². The molecule has 0 atom stereocenters. The van der Waals surface area contributed by atoms with E-state index in [2.05, 4.69) is 10.1 Å². The number of carbonyl (C=O) groups is 4. The van der Waals surface area contributed by atoms with Gasteiger partial charge in [-0.2, -0.15) is 0 Å². The first-order valence-electron chi connectivity index (χ1n) is 10.0. The Morgan fingerprint density at radius 2 is 1.76 bits per heavy atom. The maximum Gasteiger partial charge on any atom is 0.337 e. The number of esters is 1. The van der Waals surface area contributed by atoms with Gasteiger partial charge in [-0.3, -0.25) is 14.9 Å². The zero-order valence-electron chi connectivity index (χ0n) is 17.7. The minimum absolute atomic E-state index is 0.0365. The molecule has 170 valence electrons. The number of ether oxygens (including phenoxy) is 3. The Labute approximate surface area is 192 Å². The number of barbiturate groups is 1. The Balaban J connectivity index is 1.42. The molecule has 10 nitrogen and oxygen atoms in total. The van der Waals surface area contributed by atoms with Crippen LogP contribution < -0.4 is 19.7 Å². The van der Waals surface area contributed by atoms with E-state index in [0.29, 0.717) is 28.4 Å². The quantitative estimate of drug-likeness (QED) is 0.358. The molecule has 1 fully saturated rings. The predicted octanol–water partition coefficient (Wildman–Crippen LogP) is 3.13. The van der Waals surface area contributed by atoms with Crippen molar-refractivity contribution in [2.75, 3.05) is 18.8 Å². The molecule has 1 N–H and O–H groups in total. The van der Waals surface area contributed by atoms with Crippen molar-refractivity contribution in [2.45, 2.75) is 0 Å². The molecule has 0 spiro atoms. The Morgan fingerprint density at radius 1 is 1.00 bits per heavy atom. The molecule has 3 aromatic rings. The molecular weight excluding hydrogens is 444 g/mol. The standard InChI is InChI=1S/C24H16N2O8/c1-31-23(29)14-4-2-13(3-5-14)18-9-7-16(34-18)11-17-21(27)25-24(30)26(22(17)28)15-6-8-19-20(10-15)33-12-32-19/h2-11H,12H2,1H3,(H,25,27,30)/b17-11-. The number of hydrogen-bond acceptors (Lipinski definition) is 8. The first-order chi connectivity index (χ1) is 16.4. The smallest absolute Gasteiger partial charge is 0.337 e. The number of nitrogens with one attached hydrogen (secondary N) is 1. The predicted molar refractivity (Wildman–Crippen MR) is 117 cm³/mol. The van der Waals surface area contributed by atoms with E-state index in [4.69, 9.17) is 13.9 Å². The van der Waals surface area contributed by atoms with Gasteiger partial charge in [-0.1, -0.05) is 12.1 Å². The van der Waals surface area contributed by atoms with Crippen LogP contribution in [-0.2, 0) is 14.3 Å². The van der Waals surface area contributed by atoms with Gasteiger partial charge in [0.05, 0.1) is 18.4 Å². The molecule has 34 heavy (non-hydrogen) atoms. The summed E-state index contributed by atoms with van der Waals surface area (Å²) in [6, 6.07) is 13.5. The number of methoxy groups -OCH3 is 1. The van der Waals surface area contributed by atoms with E-state index in [1.807, 2.05) is 0 Å². The first kappa shape index (κ1) is 21.0. The number of anilines is 1. The SMILES string of the molecule is COC(=O)c1ccc(-c2ccc(/C=C3/C(=O)NC(=O)N(c4ccc5c(c4)OCO5)C3=O)o2)cc1. The van der Waals surface area contributed by atoms with Gasteiger partial charge in [0, 0.05) is 11.6 Å². The van der Waals surface area contributed by atoms with Gasteiger partial charge in [0.15, 0.2) is 11.5 Å². The van der Waals surface area contributed by atoms with Gasteiger partial charge in [-0.05, 0) is 42.5 Å². The van der Waals surface area contributed by atoms with Crippen LogP contribution in [0.15, 0.2) is 64.6 Å². The lowest BCUT2D eigenvalue weighted by Crippen LogP contribution is -2.54. The number of urea groups is 1. The van der Waals surface area contributed by atoms with Crippen molar-refractivity contribution in [1.82, 2.24) is 5.32 Å². The van der Waals surface area contributed by atoms with Crippen LogP contribution in [0, 0.1) is 0 Å². The maximum atomic E-state index is 13.1. The number of fused-ring (bicyclic) bond motifs is 1. The number of rotatable bonds is 4. The van der Waals surface area contributed by atoms with Crippen LogP contribution >= 0.6 is 0 Å². The summed E-state index contributed by atoms with van der Waals surface area (Å²) in [4.78, 5) is 50.3. The fourth-order valence-electron chi connectivity index (χ4n) is 3.53. The van der Waals surface area contributed by atoms with Crippen molar-refractivity contribution in [2.24, 2.45) is 0 Å². The highest BCUT2D eigenvalue weighted by Crippen LogP contribution is 2.36. The third-order valence-corrected chi connectivity index (χ3v) is 5.22. The van der Waals surface area contributed by atoms with Crippen LogP contribution in [0.3, 0.4) is 0 Å². The molecule has 0 saturated carbocycles. The summed E-state index contributed by atoms with van der Waals surface area (Å²) in [5.74, 6) is -0.557. The third-order valence-electron chi connectivity index (χ3n) is 5.22. The van der Waals surface area contributed by atoms with Crippen LogP contribution in [0.4, 0.5) is 10.5 Å². The van der Waals surface area contributed by atoms with Crippen LogP contribution in [0.2, 0.25) is 0 Å². The molecule has 1 aromatic heterocycles. The molecule has 2 aliphatic rings. The molecule has 2 aliphatic heterocycles. The second-order valence-corrected chi connectivity index (χ2v) is 7.27. The molecule has 0 aliphatic carbocycles. The van der Waals surface area contributed by atoms with E-state index in [9.17, 15) is 19.2 Å². The zero-order chi connectivity index (χ0) is 23.8. The normalized spacial score (nSPS) is 16.1. The summed E-state index contributed by atoms with van der Waals surface area (Å²) in [6.45, 7) is 0.0365. The largest absolute Gasteiger partial charge is 0.465 e. The Hall–Kier alpha value is -4.86. The van der Waals surface area contributed by atoms with Crippen LogP contribution in [0.25, 0.3) is 17.4 Å². The topological polar surface area (TPSA) is 124 Å². The average molecular weight is 460 g/mol. The second kappa shape index (κ2) is 8.24. The van der Waals surface area contributed by atoms with Crippen LogP contribution in [-0.4, -0.2) is 37.7 Å². The van der Waals surface area contributed by atoms with E-state index < -0.39 is 23.8 Å². The van der Waals surface area contributed by atoms with Crippen molar-refractivity contribution >= 4 is 35.6 Å². The molecule has 4 amide bonds. The fourth-order valence-corrected chi connectivity index (χ4v) is 3.53. The highest BCUT2D eigenvalue weighted by molar-refractivity contribution is 6.39. The van der Waals surface area contributed by atoms with Crippen molar-refractivity contribution < 1.29 is 37.8 Å². The highest BCUT2D eigenvalue weighted by atomic mass is 16.7. The Morgan fingerprint density at radius 3 is 2.53 bits per heavy atom. The van der Waals surface area contributed by atoms with E-state index in [1.165, 1.54) is 25.3 Å². The number of hydrogen-bond donors (Lipinski definition) is 1. The molecular formula is C24H16N2O8. The number of imide groups is 2. The molecule has 0 radical (unpaired) electrons. The van der Waals surface area contributed by atoms with E-state index >= 15 is 0 Å². The molecule has 10 heteroatoms. The minimum atomic E-state index is -0.878. The van der Waals surface area contributed by atoms with Gasteiger partial charge in [-0.25, -0.2) is 14.5 Å². The summed E-state index contributed by atoms with van der Waals surface area (Å²) >= 11 is 0. The van der Waals surface area contributed by atoms with Gasteiger partial charge in [0.2, 0.25) is 6.79 Å². The lowest BCUT2D eigenvalue weighted by Gasteiger charge is -2.26. The molecule has 2 aromatic carbocycles. The average Bonchev–Trinajstić information content (AvgIpc) is 3.50. The molecule has 1 saturated heterocycles. The fraction of sp³-hybridized carbons (Fsp3) is 0.0833. The zero-order valence-corrected chi connectivity index (χ0v) is 17.7. The molecule has 5 rings (SSSR count). The first-order valence-corrected chi connectivity index (χ1v) is 10.0. The number of furan rings is 1. The minimum Gasteiger partial charge on any atom is -0.465 e. The summed E-state index contributed by atoms with van der Waals surface area (Å²) in [7, 11) is 1.30. The van der Waals surface area contributed by atoms with Crippen molar-refractivity contribution in [3.8, 4) is 22.8 Å². The molecule has 3 heterocycles. The van der Waals surface area contributed by atoms with E-state index in [1.54, 1.807) is 42.5 Å². The van der Waals surface area contributed by atoms with Crippen molar-refractivity contribution in [3.63, 3.8) is 0 Å². The Kier molecular flexibility index (Phi) is 5.09. The van der Waals surface area contributed by atoms with Gasteiger partial charge in [0.25, 0.3) is 11.8 Å². The summed E-state index contributed by atoms with van der Waals surface area (Å²) in [5.41, 5.74) is 1.00. The monoisotopic (exact) mass is 460 g/mol. The van der Waals surface area contributed by atoms with E-state index in [-0.39, 0.29) is 23.8 Å². The van der Waals surface area contributed by atoms with Crippen molar-refractivity contribution in [3.05, 3.63) is 71.5 Å². The molecule has 0 bridgehead atoms. The third kappa shape index (κ3) is 3.66. The summed E-state index contributed by atoms with van der Waals surface area (Å²) < 4.78 is 21.0. The van der Waals surface area contributed by atoms with Gasteiger partial charge < -0.3 is 18.6 Å². The number of nitrogens with zero attached hydrogens (tertiary/aromatic N) is 1. The van der Waals surface area contributed by atoms with Crippen LogP contribution in [0.5, 0.6) is 11.5 Å². The summed E-state index contributed by atoms with van der Waals surface area (Å²) in [5, 5.41) is 2.16. The highest BCUT2D eigenvalue weighted by Gasteiger charge is 2.37. The number of amides is 4. The van der Waals surface area contributed by atoms with Gasteiger partial charge >= 0.3 is 12.0 Å². The maximum absolute atomic E-state index is 13.1.